The Morgan fingerprint density at radius 3 is 2.58 bits per heavy atom. The molecule has 0 amide bonds. The van der Waals surface area contributed by atoms with Crippen molar-refractivity contribution in [3.63, 3.8) is 0 Å². The number of pyridine rings is 2. The van der Waals surface area contributed by atoms with E-state index in [1.807, 2.05) is 0 Å². The molecular weight excluding hydrogens is 341 g/mol. The van der Waals surface area contributed by atoms with Crippen molar-refractivity contribution in [2.45, 2.75) is 32.6 Å². The number of rotatable bonds is 3. The van der Waals surface area contributed by atoms with E-state index in [-0.39, 0.29) is 5.49 Å². The average molecular weight is 357 g/mol. The van der Waals surface area contributed by atoms with E-state index in [1.165, 1.54) is 6.07 Å². The van der Waals surface area contributed by atoms with E-state index in [1.54, 1.807) is 55.1 Å². The number of aromatic nitrogens is 2. The van der Waals surface area contributed by atoms with Gasteiger partial charge in [0.15, 0.2) is 0 Å². The molecule has 2 aromatic rings. The van der Waals surface area contributed by atoms with Crippen LogP contribution in [0.25, 0.3) is 0 Å². The molecule has 0 radical (unpaired) electrons. The number of halogens is 4. The smallest absolute Gasteiger partial charge is 0.328 e. The van der Waals surface area contributed by atoms with Gasteiger partial charge in [0.2, 0.25) is 5.84 Å². The summed E-state index contributed by atoms with van der Waals surface area (Å²) in [6.07, 6.45) is -1.39. The molecule has 0 aliphatic carbocycles. The molecule has 2 aromatic heterocycles. The normalized spacial score (nSPS) is 13.6. The Balaban J connectivity index is 2.45. The first kappa shape index (κ1) is 18.2. The van der Waals surface area contributed by atoms with Crippen LogP contribution in [0.2, 0.25) is 5.15 Å². The summed E-state index contributed by atoms with van der Waals surface area (Å²) in [4.78, 5) is 11.3. The Kier molecular flexibility index (Phi) is 5.77. The monoisotopic (exact) mass is 356 g/mol. The minimum atomic E-state index is -4.61. The number of nitrogens with zero attached hydrogens (tertiary/aromatic N) is 4. The zero-order chi connectivity index (χ0) is 17.7. The molecule has 0 bridgehead atoms. The fraction of sp³-hybridized carbons (Fsp3) is 0.312. The van der Waals surface area contributed by atoms with Gasteiger partial charge in [0.1, 0.15) is 10.6 Å². The second kappa shape index (κ2) is 7.61. The molecular formula is C16H16ClF3N4. The minimum Gasteiger partial charge on any atom is -0.328 e. The van der Waals surface area contributed by atoms with Gasteiger partial charge in [-0.15, -0.1) is 0 Å². The van der Waals surface area contributed by atoms with E-state index in [0.717, 1.165) is 5.56 Å². The van der Waals surface area contributed by atoms with Gasteiger partial charge in [-0.25, -0.2) is 9.98 Å². The van der Waals surface area contributed by atoms with Crippen molar-refractivity contribution < 1.29 is 13.2 Å². The first-order valence-corrected chi connectivity index (χ1v) is 7.59. The van der Waals surface area contributed by atoms with Crippen molar-refractivity contribution in [1.29, 1.82) is 0 Å². The second-order valence-corrected chi connectivity index (χ2v) is 5.72. The molecule has 128 valence electrons. The molecule has 0 aliphatic heterocycles. The highest BCUT2D eigenvalue weighted by Gasteiger charge is 2.36. The van der Waals surface area contributed by atoms with Gasteiger partial charge in [0.25, 0.3) is 0 Å². The summed E-state index contributed by atoms with van der Waals surface area (Å²) >= 11 is 5.74. The van der Waals surface area contributed by atoms with Crippen LogP contribution < -0.4 is 5.49 Å². The van der Waals surface area contributed by atoms with Crippen LogP contribution in [0.15, 0.2) is 52.7 Å². The van der Waals surface area contributed by atoms with Crippen LogP contribution >= 0.6 is 11.6 Å². The molecule has 0 spiro atoms. The highest BCUT2D eigenvalue weighted by Crippen LogP contribution is 2.18. The predicted octanol–water partition coefficient (Wildman–Crippen LogP) is 3.85. The second-order valence-electron chi connectivity index (χ2n) is 5.33. The van der Waals surface area contributed by atoms with E-state index in [0.29, 0.717) is 11.7 Å². The lowest BCUT2D eigenvalue weighted by Gasteiger charge is -2.10. The molecule has 0 fully saturated rings. The summed E-state index contributed by atoms with van der Waals surface area (Å²) in [5, 5.41) is 0.352. The SMILES string of the molecule is CC(C)N=C(N=c1ccccn1Cc1ccc(Cl)nc1)C(F)(F)F. The molecule has 0 aromatic carbocycles. The number of hydrogen-bond acceptors (Lipinski definition) is 2. The minimum absolute atomic E-state index is 0.157. The van der Waals surface area contributed by atoms with Gasteiger partial charge in [0.05, 0.1) is 6.54 Å². The Bertz CT molecular complexity index is 777. The molecule has 2 heterocycles. The summed E-state index contributed by atoms with van der Waals surface area (Å²) in [6, 6.07) is 7.71. The summed E-state index contributed by atoms with van der Waals surface area (Å²) in [5.74, 6) is -1.15. The molecule has 24 heavy (non-hydrogen) atoms. The van der Waals surface area contributed by atoms with E-state index >= 15 is 0 Å². The lowest BCUT2D eigenvalue weighted by Crippen LogP contribution is -2.29. The van der Waals surface area contributed by atoms with Gasteiger partial charge >= 0.3 is 6.18 Å². The van der Waals surface area contributed by atoms with Gasteiger partial charge in [-0.2, -0.15) is 13.2 Å². The third kappa shape index (κ3) is 5.19. The molecule has 0 atom stereocenters. The van der Waals surface area contributed by atoms with E-state index < -0.39 is 18.1 Å². The molecule has 0 N–H and O–H groups in total. The van der Waals surface area contributed by atoms with E-state index in [9.17, 15) is 13.2 Å². The molecule has 4 nitrogen and oxygen atoms in total. The molecule has 8 heteroatoms. The summed E-state index contributed by atoms with van der Waals surface area (Å²) in [6.45, 7) is 3.45. The van der Waals surface area contributed by atoms with Gasteiger partial charge in [-0.05, 0) is 37.6 Å². The third-order valence-corrected chi connectivity index (χ3v) is 3.14. The van der Waals surface area contributed by atoms with Gasteiger partial charge < -0.3 is 4.57 Å². The van der Waals surface area contributed by atoms with Crippen LogP contribution in [0.5, 0.6) is 0 Å². The van der Waals surface area contributed by atoms with Crippen molar-refractivity contribution >= 4 is 17.4 Å². The van der Waals surface area contributed by atoms with Crippen LogP contribution in [0, 0.1) is 0 Å². The molecule has 0 saturated heterocycles. The molecule has 0 saturated carbocycles. The number of aliphatic imine (C=N–C) groups is 1. The fourth-order valence-corrected chi connectivity index (χ4v) is 2.03. The fourth-order valence-electron chi connectivity index (χ4n) is 1.92. The van der Waals surface area contributed by atoms with Crippen molar-refractivity contribution in [3.8, 4) is 0 Å². The standard InChI is InChI=1S/C16H16ClF3N4/c1-11(2)22-15(16(18,19)20)23-14-5-3-4-8-24(14)10-12-6-7-13(17)21-9-12/h3-9,11H,10H2,1-2H3. The maximum Gasteiger partial charge on any atom is 0.451 e. The maximum atomic E-state index is 13.1. The molecule has 2 rings (SSSR count). The first-order valence-electron chi connectivity index (χ1n) is 7.21. The third-order valence-electron chi connectivity index (χ3n) is 2.91. The van der Waals surface area contributed by atoms with Gasteiger partial charge in [-0.1, -0.05) is 23.7 Å². The zero-order valence-corrected chi connectivity index (χ0v) is 13.9. The lowest BCUT2D eigenvalue weighted by atomic mass is 10.3. The van der Waals surface area contributed by atoms with Crippen molar-refractivity contribution in [2.75, 3.05) is 0 Å². The largest absolute Gasteiger partial charge is 0.451 e. The van der Waals surface area contributed by atoms with E-state index in [4.69, 9.17) is 11.6 Å². The number of amidine groups is 1. The van der Waals surface area contributed by atoms with Gasteiger partial charge in [-0.3, -0.25) is 4.99 Å². The first-order chi connectivity index (χ1) is 11.3. The number of hydrogen-bond donors (Lipinski definition) is 0. The Labute approximate surface area is 142 Å². The highest BCUT2D eigenvalue weighted by atomic mass is 35.5. The van der Waals surface area contributed by atoms with Crippen LogP contribution in [-0.2, 0) is 6.54 Å². The van der Waals surface area contributed by atoms with Crippen LogP contribution in [0.1, 0.15) is 19.4 Å². The Morgan fingerprint density at radius 1 is 1.25 bits per heavy atom. The zero-order valence-electron chi connectivity index (χ0n) is 13.1. The lowest BCUT2D eigenvalue weighted by molar-refractivity contribution is -0.0602. The van der Waals surface area contributed by atoms with E-state index in [2.05, 4.69) is 15.0 Å². The summed E-state index contributed by atoms with van der Waals surface area (Å²) < 4.78 is 40.9. The van der Waals surface area contributed by atoms with Gasteiger partial charge in [0, 0.05) is 18.4 Å². The maximum absolute atomic E-state index is 13.1. The quantitative estimate of drug-likeness (QED) is 0.468. The highest BCUT2D eigenvalue weighted by molar-refractivity contribution is 6.29. The van der Waals surface area contributed by atoms with Crippen LogP contribution in [0.3, 0.4) is 0 Å². The molecule has 0 unspecified atom stereocenters. The Morgan fingerprint density at radius 2 is 2.00 bits per heavy atom. The van der Waals surface area contributed by atoms with Crippen molar-refractivity contribution in [2.24, 2.45) is 9.98 Å². The summed E-state index contributed by atoms with van der Waals surface area (Å²) in [5.41, 5.74) is 0.950. The predicted molar refractivity (Wildman–Crippen MR) is 87.0 cm³/mol. The van der Waals surface area contributed by atoms with Crippen LogP contribution in [0.4, 0.5) is 13.2 Å². The van der Waals surface area contributed by atoms with Crippen LogP contribution in [-0.4, -0.2) is 27.6 Å². The topological polar surface area (TPSA) is 42.5 Å². The van der Waals surface area contributed by atoms with Crippen molar-refractivity contribution in [1.82, 2.24) is 9.55 Å². The Hall–Kier alpha value is -2.15. The van der Waals surface area contributed by atoms with Crippen molar-refractivity contribution in [3.05, 3.63) is 58.9 Å². The average Bonchev–Trinajstić information content (AvgIpc) is 2.49. The molecule has 0 aliphatic rings. The number of alkyl halides is 3. The summed E-state index contributed by atoms with van der Waals surface area (Å²) in [7, 11) is 0.